The fourth-order valence-corrected chi connectivity index (χ4v) is 3.02. The Kier molecular flexibility index (Phi) is 7.02. The van der Waals surface area contributed by atoms with Crippen LogP contribution in [-0.4, -0.2) is 66.3 Å². The number of piperazine rings is 1. The largest absolute Gasteiger partial charge is 0.491 e. The quantitative estimate of drug-likeness (QED) is 0.762. The average Bonchev–Trinajstić information content (AvgIpc) is 2.70. The smallest absolute Gasteiger partial charge is 0.319 e. The molecule has 28 heavy (non-hydrogen) atoms. The molecule has 1 aromatic carbocycles. The van der Waals surface area contributed by atoms with Crippen LogP contribution in [0.1, 0.15) is 13.8 Å². The monoisotopic (exact) mass is 384 g/mol. The summed E-state index contributed by atoms with van der Waals surface area (Å²) in [6.45, 7) is 9.02. The highest BCUT2D eigenvalue weighted by molar-refractivity contribution is 5.89. The summed E-state index contributed by atoms with van der Waals surface area (Å²) < 4.78 is 5.60. The van der Waals surface area contributed by atoms with Crippen LogP contribution in [-0.2, 0) is 0 Å². The van der Waals surface area contributed by atoms with Crippen molar-refractivity contribution in [1.82, 2.24) is 20.2 Å². The van der Waals surface area contributed by atoms with Gasteiger partial charge in [-0.05, 0) is 44.2 Å². The van der Waals surface area contributed by atoms with E-state index < -0.39 is 0 Å². The minimum absolute atomic E-state index is 0.129. The maximum Gasteiger partial charge on any atom is 0.319 e. The van der Waals surface area contributed by atoms with Crippen molar-refractivity contribution >= 4 is 17.7 Å². The van der Waals surface area contributed by atoms with E-state index in [4.69, 9.17) is 4.74 Å². The van der Waals surface area contributed by atoms with Gasteiger partial charge in [-0.15, -0.1) is 0 Å². The summed E-state index contributed by atoms with van der Waals surface area (Å²) in [4.78, 5) is 25.2. The molecule has 150 valence electrons. The first-order valence-corrected chi connectivity index (χ1v) is 9.66. The summed E-state index contributed by atoms with van der Waals surface area (Å²) >= 11 is 0. The molecule has 0 unspecified atom stereocenters. The van der Waals surface area contributed by atoms with Crippen molar-refractivity contribution in [3.63, 3.8) is 0 Å². The second-order valence-corrected chi connectivity index (χ2v) is 6.95. The standard InChI is InChI=1S/C20H28N6O2/c1-16(2)28-18-6-4-17(5-7-18)24-20(27)23-10-11-25-12-14-26(15-13-25)19-21-8-3-9-22-19/h3-9,16H,10-15H2,1-2H3,(H2,23,24,27). The Morgan fingerprint density at radius 1 is 1.11 bits per heavy atom. The molecule has 2 aromatic rings. The summed E-state index contributed by atoms with van der Waals surface area (Å²) in [5.74, 6) is 1.57. The fraction of sp³-hybridized carbons (Fsp3) is 0.450. The molecule has 0 saturated carbocycles. The van der Waals surface area contributed by atoms with Gasteiger partial charge in [0.05, 0.1) is 6.10 Å². The summed E-state index contributed by atoms with van der Waals surface area (Å²) in [5, 5.41) is 5.75. The number of hydrogen-bond donors (Lipinski definition) is 2. The molecule has 8 heteroatoms. The van der Waals surface area contributed by atoms with E-state index in [0.717, 1.165) is 50.1 Å². The molecule has 1 aliphatic rings. The average molecular weight is 384 g/mol. The van der Waals surface area contributed by atoms with E-state index in [2.05, 4.69) is 30.4 Å². The third-order valence-electron chi connectivity index (χ3n) is 4.40. The number of ether oxygens (including phenoxy) is 1. The van der Waals surface area contributed by atoms with Crippen molar-refractivity contribution in [2.75, 3.05) is 49.5 Å². The lowest BCUT2D eigenvalue weighted by Gasteiger charge is -2.34. The lowest BCUT2D eigenvalue weighted by atomic mass is 10.3. The Labute approximate surface area is 165 Å². The van der Waals surface area contributed by atoms with Gasteiger partial charge in [-0.1, -0.05) is 0 Å². The van der Waals surface area contributed by atoms with Crippen LogP contribution < -0.4 is 20.3 Å². The van der Waals surface area contributed by atoms with Crippen LogP contribution >= 0.6 is 0 Å². The number of hydrogen-bond acceptors (Lipinski definition) is 6. The molecule has 0 bridgehead atoms. The Balaban J connectivity index is 1.33. The van der Waals surface area contributed by atoms with Crippen molar-refractivity contribution in [2.24, 2.45) is 0 Å². The van der Waals surface area contributed by atoms with Crippen LogP contribution in [0.4, 0.5) is 16.4 Å². The van der Waals surface area contributed by atoms with Gasteiger partial charge in [0.1, 0.15) is 5.75 Å². The molecular formula is C20H28N6O2. The summed E-state index contributed by atoms with van der Waals surface area (Å²) in [6, 6.07) is 9.00. The van der Waals surface area contributed by atoms with Crippen molar-refractivity contribution in [3.8, 4) is 5.75 Å². The zero-order valence-corrected chi connectivity index (χ0v) is 16.5. The molecular weight excluding hydrogens is 356 g/mol. The molecule has 3 rings (SSSR count). The van der Waals surface area contributed by atoms with Crippen molar-refractivity contribution in [3.05, 3.63) is 42.7 Å². The molecule has 0 radical (unpaired) electrons. The summed E-state index contributed by atoms with van der Waals surface area (Å²) in [5.41, 5.74) is 0.741. The van der Waals surface area contributed by atoms with Crippen molar-refractivity contribution in [2.45, 2.75) is 20.0 Å². The number of aromatic nitrogens is 2. The highest BCUT2D eigenvalue weighted by Gasteiger charge is 2.18. The van der Waals surface area contributed by atoms with Gasteiger partial charge in [0.2, 0.25) is 5.95 Å². The van der Waals surface area contributed by atoms with Gasteiger partial charge >= 0.3 is 6.03 Å². The third kappa shape index (κ3) is 6.09. The highest BCUT2D eigenvalue weighted by atomic mass is 16.5. The van der Waals surface area contributed by atoms with Crippen molar-refractivity contribution in [1.29, 1.82) is 0 Å². The van der Waals surface area contributed by atoms with Crippen LogP contribution in [0.25, 0.3) is 0 Å². The van der Waals surface area contributed by atoms with Crippen LogP contribution in [0, 0.1) is 0 Å². The molecule has 0 spiro atoms. The number of carbonyl (C=O) groups excluding carboxylic acids is 1. The minimum Gasteiger partial charge on any atom is -0.491 e. The first-order valence-electron chi connectivity index (χ1n) is 9.66. The lowest BCUT2D eigenvalue weighted by molar-refractivity contribution is 0.240. The lowest BCUT2D eigenvalue weighted by Crippen LogP contribution is -2.49. The van der Waals surface area contributed by atoms with Crippen LogP contribution in [0.15, 0.2) is 42.7 Å². The summed E-state index contributed by atoms with van der Waals surface area (Å²) in [6.07, 6.45) is 3.66. The third-order valence-corrected chi connectivity index (χ3v) is 4.40. The molecule has 2 N–H and O–H groups in total. The predicted molar refractivity (Wildman–Crippen MR) is 110 cm³/mol. The van der Waals surface area contributed by atoms with E-state index in [-0.39, 0.29) is 12.1 Å². The second-order valence-electron chi connectivity index (χ2n) is 6.95. The van der Waals surface area contributed by atoms with E-state index in [9.17, 15) is 4.79 Å². The van der Waals surface area contributed by atoms with E-state index >= 15 is 0 Å². The highest BCUT2D eigenvalue weighted by Crippen LogP contribution is 2.16. The number of anilines is 2. The SMILES string of the molecule is CC(C)Oc1ccc(NC(=O)NCCN2CCN(c3ncccn3)CC2)cc1. The van der Waals surface area contributed by atoms with Gasteiger partial charge in [0.25, 0.3) is 0 Å². The van der Waals surface area contributed by atoms with Crippen molar-refractivity contribution < 1.29 is 9.53 Å². The maximum absolute atomic E-state index is 12.1. The molecule has 2 heterocycles. The Hall–Kier alpha value is -2.87. The number of benzene rings is 1. The van der Waals surface area contributed by atoms with E-state index in [0.29, 0.717) is 6.54 Å². The molecule has 1 fully saturated rings. The first-order chi connectivity index (χ1) is 13.6. The number of carbonyl (C=O) groups is 1. The molecule has 0 aliphatic carbocycles. The van der Waals surface area contributed by atoms with Crippen LogP contribution in [0.2, 0.25) is 0 Å². The topological polar surface area (TPSA) is 82.6 Å². The van der Waals surface area contributed by atoms with Gasteiger partial charge in [0.15, 0.2) is 0 Å². The van der Waals surface area contributed by atoms with E-state index in [1.165, 1.54) is 0 Å². The second kappa shape index (κ2) is 9.89. The molecule has 0 atom stereocenters. The number of urea groups is 1. The van der Waals surface area contributed by atoms with Gasteiger partial charge in [-0.3, -0.25) is 4.90 Å². The van der Waals surface area contributed by atoms with Gasteiger partial charge in [0, 0.05) is 57.3 Å². The molecule has 2 amide bonds. The normalized spacial score (nSPS) is 14.8. The minimum atomic E-state index is -0.200. The predicted octanol–water partition coefficient (Wildman–Crippen LogP) is 2.21. The molecule has 8 nitrogen and oxygen atoms in total. The molecule has 1 aromatic heterocycles. The number of amides is 2. The van der Waals surface area contributed by atoms with Gasteiger partial charge in [-0.2, -0.15) is 0 Å². The van der Waals surface area contributed by atoms with Crippen LogP contribution in [0.3, 0.4) is 0 Å². The summed E-state index contributed by atoms with van der Waals surface area (Å²) in [7, 11) is 0. The van der Waals surface area contributed by atoms with E-state index in [1.807, 2.05) is 44.2 Å². The van der Waals surface area contributed by atoms with Gasteiger partial charge < -0.3 is 20.3 Å². The Morgan fingerprint density at radius 3 is 2.43 bits per heavy atom. The number of rotatable bonds is 7. The fourth-order valence-electron chi connectivity index (χ4n) is 3.02. The van der Waals surface area contributed by atoms with Gasteiger partial charge in [-0.25, -0.2) is 14.8 Å². The maximum atomic E-state index is 12.1. The van der Waals surface area contributed by atoms with Crippen LogP contribution in [0.5, 0.6) is 5.75 Å². The Morgan fingerprint density at radius 2 is 1.79 bits per heavy atom. The Bertz CT molecular complexity index is 730. The number of nitrogens with zero attached hydrogens (tertiary/aromatic N) is 4. The van der Waals surface area contributed by atoms with E-state index in [1.54, 1.807) is 12.4 Å². The number of nitrogens with one attached hydrogen (secondary N) is 2. The zero-order valence-electron chi connectivity index (χ0n) is 16.5. The molecule has 1 saturated heterocycles. The zero-order chi connectivity index (χ0) is 19.8. The molecule has 1 aliphatic heterocycles. The first kappa shape index (κ1) is 19.9.